The summed E-state index contributed by atoms with van der Waals surface area (Å²) in [6.45, 7) is 23.9. The highest BCUT2D eigenvalue weighted by atomic mass is 32.1. The topological polar surface area (TPSA) is 21.3 Å². The van der Waals surface area contributed by atoms with Gasteiger partial charge in [-0.2, -0.15) is 0 Å². The van der Waals surface area contributed by atoms with Gasteiger partial charge in [-0.1, -0.05) is 129 Å². The molecule has 2 aliphatic carbocycles. The Bertz CT molecular complexity index is 4170. The predicted molar refractivity (Wildman–Crippen MR) is 296 cm³/mol. The number of benzene rings is 8. The van der Waals surface area contributed by atoms with Crippen molar-refractivity contribution in [3.8, 4) is 27.9 Å². The maximum atomic E-state index is 6.67. The number of para-hydroxylation sites is 1. The highest BCUT2D eigenvalue weighted by Gasteiger charge is 2.47. The maximum Gasteiger partial charge on any atom is 0.333 e. The third-order valence-corrected chi connectivity index (χ3v) is 18.8. The Morgan fingerprint density at radius 3 is 2.06 bits per heavy atom. The first-order valence-electron chi connectivity index (χ1n) is 25.1. The first kappa shape index (κ1) is 40.3. The Kier molecular flexibility index (Phi) is 7.48. The second-order valence-corrected chi connectivity index (χ2v) is 25.1. The molecule has 4 aliphatic rings. The molecule has 0 unspecified atom stereocenters. The van der Waals surface area contributed by atoms with E-state index in [1.807, 2.05) is 11.3 Å². The molecule has 0 fully saturated rings. The summed E-state index contributed by atoms with van der Waals surface area (Å²) < 4.78 is 12.1. The highest BCUT2D eigenvalue weighted by molar-refractivity contribution is 7.25. The number of aryl methyl sites for hydroxylation is 1. The first-order valence-corrected chi connectivity index (χ1v) is 26.0. The first-order chi connectivity index (χ1) is 33.0. The molecule has 0 spiro atoms. The zero-order chi connectivity index (χ0) is 47.0. The minimum absolute atomic E-state index is 0.0315. The summed E-state index contributed by atoms with van der Waals surface area (Å²) in [6, 6.07) is 50.1. The van der Waals surface area contributed by atoms with Crippen LogP contribution >= 0.6 is 11.3 Å². The lowest BCUT2D eigenvalue weighted by molar-refractivity contribution is 0.332. The number of aromatic nitrogens is 1. The molecule has 8 aromatic carbocycles. The monoisotopic (exact) mass is 910 g/mol. The van der Waals surface area contributed by atoms with E-state index < -0.39 is 0 Å². The standard InChI is InChI=1S/C64H55BN2OS/c1-34-25-44-40-26-42-43-27-48-49(63(7,8)24-23-62(48,5)6)32-56(43)69-57(42)33-52(40)67(36-21-19-35(20-22-36)61(2,3)4)65-50-28-39-37-15-11-13-17-46(37)64(9,10)47(39)31-53(50)66-51-29-41-38-16-12-14-18-54(38)68-55(41)30-45(51)58(34)60(66)59(44)65/h11-22,25-33H,23-24H2,1-10H3. The minimum atomic E-state index is -0.160. The van der Waals surface area contributed by atoms with Crippen LogP contribution in [0.4, 0.5) is 11.4 Å². The van der Waals surface area contributed by atoms with Gasteiger partial charge in [0.1, 0.15) is 11.2 Å². The van der Waals surface area contributed by atoms with Gasteiger partial charge in [0.25, 0.3) is 0 Å². The minimum Gasteiger partial charge on any atom is -0.456 e. The van der Waals surface area contributed by atoms with Crippen molar-refractivity contribution in [2.45, 2.75) is 104 Å². The molecular formula is C64H55BN2OS. The molecule has 0 amide bonds. The van der Waals surface area contributed by atoms with Crippen LogP contribution in [-0.4, -0.2) is 11.4 Å². The van der Waals surface area contributed by atoms with Gasteiger partial charge in [0.2, 0.25) is 0 Å². The smallest absolute Gasteiger partial charge is 0.333 e. The molecule has 336 valence electrons. The fraction of sp³-hybridized carbons (Fsp3) is 0.250. The molecule has 0 atom stereocenters. The molecular weight excluding hydrogens is 856 g/mol. The lowest BCUT2D eigenvalue weighted by Gasteiger charge is -2.42. The molecule has 5 heterocycles. The van der Waals surface area contributed by atoms with Gasteiger partial charge in [-0.25, -0.2) is 0 Å². The van der Waals surface area contributed by atoms with E-state index >= 15 is 0 Å². The fourth-order valence-corrected chi connectivity index (χ4v) is 15.0. The molecule has 15 rings (SSSR count). The van der Waals surface area contributed by atoms with Crippen molar-refractivity contribution in [3.63, 3.8) is 0 Å². The van der Waals surface area contributed by atoms with Gasteiger partial charge >= 0.3 is 6.85 Å². The second kappa shape index (κ2) is 12.8. The molecule has 69 heavy (non-hydrogen) atoms. The molecule has 0 bridgehead atoms. The van der Waals surface area contributed by atoms with E-state index in [1.54, 1.807) is 0 Å². The quantitative estimate of drug-likeness (QED) is 0.153. The van der Waals surface area contributed by atoms with Crippen LogP contribution in [0.5, 0.6) is 0 Å². The summed E-state index contributed by atoms with van der Waals surface area (Å²) in [7, 11) is 0. The number of fused-ring (bicyclic) bond motifs is 18. The summed E-state index contributed by atoms with van der Waals surface area (Å²) >= 11 is 1.98. The molecule has 3 nitrogen and oxygen atoms in total. The van der Waals surface area contributed by atoms with E-state index in [0.717, 1.165) is 21.9 Å². The van der Waals surface area contributed by atoms with Gasteiger partial charge in [0.15, 0.2) is 0 Å². The van der Waals surface area contributed by atoms with Crippen molar-refractivity contribution >= 4 is 104 Å². The maximum absolute atomic E-state index is 6.67. The lowest BCUT2D eigenvalue weighted by atomic mass is 9.43. The van der Waals surface area contributed by atoms with Crippen LogP contribution in [0.1, 0.15) is 109 Å². The average Bonchev–Trinajstić information content (AvgIpc) is 4.04. The molecule has 0 saturated carbocycles. The van der Waals surface area contributed by atoms with Gasteiger partial charge in [-0.15, -0.1) is 11.3 Å². The van der Waals surface area contributed by atoms with Crippen LogP contribution in [0.2, 0.25) is 0 Å². The third kappa shape index (κ3) is 5.09. The largest absolute Gasteiger partial charge is 0.456 e. The van der Waals surface area contributed by atoms with E-state index in [9.17, 15) is 0 Å². The molecule has 0 N–H and O–H groups in total. The van der Waals surface area contributed by atoms with E-state index in [-0.39, 0.29) is 28.5 Å². The van der Waals surface area contributed by atoms with Crippen molar-refractivity contribution in [2.24, 2.45) is 0 Å². The van der Waals surface area contributed by atoms with Crippen LogP contribution in [0.25, 0.3) is 91.9 Å². The summed E-state index contributed by atoms with van der Waals surface area (Å²) in [6.07, 6.45) is 2.41. The van der Waals surface area contributed by atoms with E-state index in [1.165, 1.54) is 138 Å². The molecule has 0 radical (unpaired) electrons. The van der Waals surface area contributed by atoms with Crippen LogP contribution in [0, 0.1) is 6.92 Å². The van der Waals surface area contributed by atoms with Gasteiger partial charge in [-0.05, 0) is 158 Å². The van der Waals surface area contributed by atoms with Crippen LogP contribution in [0.15, 0.2) is 132 Å². The molecule has 3 aromatic heterocycles. The number of hydrogen-bond acceptors (Lipinski definition) is 3. The Hall–Kier alpha value is -6.56. The van der Waals surface area contributed by atoms with Crippen molar-refractivity contribution in [3.05, 3.63) is 161 Å². The van der Waals surface area contributed by atoms with Gasteiger partial charge in [-0.3, -0.25) is 0 Å². The third-order valence-electron chi connectivity index (χ3n) is 17.7. The summed E-state index contributed by atoms with van der Waals surface area (Å²) in [5, 5.41) is 7.63. The zero-order valence-corrected chi connectivity index (χ0v) is 42.1. The number of thiophene rings is 1. The van der Waals surface area contributed by atoms with Crippen molar-refractivity contribution in [1.82, 2.24) is 4.57 Å². The molecule has 2 aliphatic heterocycles. The number of hydrogen-bond donors (Lipinski definition) is 0. The Morgan fingerprint density at radius 1 is 0.565 bits per heavy atom. The number of anilines is 2. The van der Waals surface area contributed by atoms with E-state index in [2.05, 4.69) is 206 Å². The lowest BCUT2D eigenvalue weighted by Crippen LogP contribution is -2.60. The van der Waals surface area contributed by atoms with Gasteiger partial charge < -0.3 is 13.8 Å². The number of nitrogens with zero attached hydrogens (tertiary/aromatic N) is 2. The van der Waals surface area contributed by atoms with Crippen LogP contribution in [0.3, 0.4) is 0 Å². The summed E-state index contributed by atoms with van der Waals surface area (Å²) in [5.74, 6) is 0. The second-order valence-electron chi connectivity index (χ2n) is 24.0. The Morgan fingerprint density at radius 2 is 1.28 bits per heavy atom. The van der Waals surface area contributed by atoms with Crippen LogP contribution < -0.4 is 15.7 Å². The SMILES string of the molecule is Cc1cc2c3c4c1c1cc5oc6ccccc6c5cc1n4-c1cc4c(cc1B3N(c1ccc(C(C)(C)C)cc1)c1cc3sc5cc6c(cc5c3cc1-2)C(C)(C)CCC6(C)C)-c1ccccc1C4(C)C. The van der Waals surface area contributed by atoms with Crippen molar-refractivity contribution in [2.75, 3.05) is 4.81 Å². The van der Waals surface area contributed by atoms with Gasteiger partial charge in [0, 0.05) is 69.8 Å². The molecule has 0 saturated heterocycles. The molecule has 11 aromatic rings. The fourth-order valence-electron chi connectivity index (χ4n) is 13.8. The predicted octanol–water partition coefficient (Wildman–Crippen LogP) is 16.6. The average molecular weight is 911 g/mol. The molecule has 5 heteroatoms. The normalized spacial score (nSPS) is 17.0. The van der Waals surface area contributed by atoms with E-state index in [0.29, 0.717) is 0 Å². The van der Waals surface area contributed by atoms with E-state index in [4.69, 9.17) is 4.42 Å². The highest BCUT2D eigenvalue weighted by Crippen LogP contribution is 2.55. The summed E-state index contributed by atoms with van der Waals surface area (Å²) in [4.78, 5) is 2.73. The van der Waals surface area contributed by atoms with Crippen LogP contribution in [-0.2, 0) is 21.7 Å². The Labute approximate surface area is 408 Å². The zero-order valence-electron chi connectivity index (χ0n) is 41.3. The number of rotatable bonds is 1. The Balaban J connectivity index is 1.11. The summed E-state index contributed by atoms with van der Waals surface area (Å²) in [5.41, 5.74) is 24.9. The van der Waals surface area contributed by atoms with Crippen molar-refractivity contribution < 1.29 is 4.42 Å². The van der Waals surface area contributed by atoms with Gasteiger partial charge in [0.05, 0.1) is 11.0 Å². The number of furan rings is 1. The van der Waals surface area contributed by atoms with Crippen molar-refractivity contribution in [1.29, 1.82) is 0 Å².